The first-order chi connectivity index (χ1) is 6.97. The summed E-state index contributed by atoms with van der Waals surface area (Å²) in [4.78, 5) is 11.1. The first-order valence-electron chi connectivity index (χ1n) is 3.98. The topological polar surface area (TPSA) is 72.5 Å². The lowest BCUT2D eigenvalue weighted by molar-refractivity contribution is -0.142. The van der Waals surface area contributed by atoms with Gasteiger partial charge < -0.3 is 15.6 Å². The Hall–Kier alpha value is -1.33. The van der Waals surface area contributed by atoms with Crippen molar-refractivity contribution in [3.63, 3.8) is 0 Å². The highest BCUT2D eigenvalue weighted by atomic mass is 35.5. The summed E-state index contributed by atoms with van der Waals surface area (Å²) in [6.45, 7) is 0. The molecule has 4 nitrogen and oxygen atoms in total. The molecule has 0 saturated heterocycles. The second kappa shape index (κ2) is 4.46. The average Bonchev–Trinajstić information content (AvgIpc) is 2.21. The maximum Gasteiger partial charge on any atom is 0.327 e. The third kappa shape index (κ3) is 2.37. The molecule has 0 aliphatic rings. The minimum atomic E-state index is -1.26. The summed E-state index contributed by atoms with van der Waals surface area (Å²) < 4.78 is 17.3. The number of halogens is 2. The Morgan fingerprint density at radius 3 is 2.80 bits per heavy atom. The number of methoxy groups -OCH3 is 1. The molecule has 82 valence electrons. The average molecular weight is 234 g/mol. The molecule has 0 aliphatic carbocycles. The predicted octanol–water partition coefficient (Wildman–Crippen LogP) is 1.36. The highest BCUT2D eigenvalue weighted by molar-refractivity contribution is 6.32. The Labute approximate surface area is 90.4 Å². The molecule has 0 aliphatic heterocycles. The summed E-state index contributed by atoms with van der Waals surface area (Å²) in [5, 5.41) is 9.25. The van der Waals surface area contributed by atoms with E-state index in [0.717, 1.165) is 19.2 Å². The number of benzene rings is 1. The standard InChI is InChI=1S/C9H9ClFNO3/c1-15-9(14)7(12)5-2-4(11)3-6(10)8(5)13/h2-3,7,13H,12H2,1H3/t7-/m1/s1. The molecule has 3 N–H and O–H groups in total. The van der Waals surface area contributed by atoms with Crippen LogP contribution in [0.5, 0.6) is 5.75 Å². The van der Waals surface area contributed by atoms with Gasteiger partial charge in [0.05, 0.1) is 12.1 Å². The molecule has 1 aromatic carbocycles. The van der Waals surface area contributed by atoms with Gasteiger partial charge in [0, 0.05) is 5.56 Å². The molecule has 0 saturated carbocycles. The van der Waals surface area contributed by atoms with Gasteiger partial charge in [-0.25, -0.2) is 4.39 Å². The molecule has 0 spiro atoms. The van der Waals surface area contributed by atoms with Gasteiger partial charge in [0.15, 0.2) is 0 Å². The van der Waals surface area contributed by atoms with Gasteiger partial charge in [0.1, 0.15) is 17.6 Å². The molecular weight excluding hydrogens is 225 g/mol. The van der Waals surface area contributed by atoms with Gasteiger partial charge >= 0.3 is 5.97 Å². The lowest BCUT2D eigenvalue weighted by atomic mass is 10.1. The Balaban J connectivity index is 3.19. The van der Waals surface area contributed by atoms with Crippen molar-refractivity contribution in [2.45, 2.75) is 6.04 Å². The van der Waals surface area contributed by atoms with Crippen LogP contribution in [0.25, 0.3) is 0 Å². The summed E-state index contributed by atoms with van der Waals surface area (Å²) >= 11 is 5.51. The zero-order valence-corrected chi connectivity index (χ0v) is 8.58. The second-order valence-electron chi connectivity index (χ2n) is 2.83. The molecule has 1 rings (SSSR count). The normalized spacial score (nSPS) is 12.3. The third-order valence-corrected chi connectivity index (χ3v) is 2.14. The SMILES string of the molecule is COC(=O)[C@H](N)c1cc(F)cc(Cl)c1O. The molecule has 0 radical (unpaired) electrons. The van der Waals surface area contributed by atoms with Crippen molar-refractivity contribution >= 4 is 17.6 Å². The highest BCUT2D eigenvalue weighted by Gasteiger charge is 2.22. The number of phenols is 1. The van der Waals surface area contributed by atoms with Crippen LogP contribution in [0.2, 0.25) is 5.02 Å². The van der Waals surface area contributed by atoms with Crippen LogP contribution in [0, 0.1) is 5.82 Å². The van der Waals surface area contributed by atoms with Crippen molar-refractivity contribution in [3.05, 3.63) is 28.5 Å². The van der Waals surface area contributed by atoms with Crippen LogP contribution in [-0.4, -0.2) is 18.2 Å². The van der Waals surface area contributed by atoms with E-state index in [1.54, 1.807) is 0 Å². The van der Waals surface area contributed by atoms with Crippen LogP contribution in [0.4, 0.5) is 4.39 Å². The number of carbonyl (C=O) groups is 1. The fraction of sp³-hybridized carbons (Fsp3) is 0.222. The van der Waals surface area contributed by atoms with Gasteiger partial charge in [-0.2, -0.15) is 0 Å². The zero-order chi connectivity index (χ0) is 11.6. The van der Waals surface area contributed by atoms with Crippen LogP contribution in [-0.2, 0) is 9.53 Å². The predicted molar refractivity (Wildman–Crippen MR) is 52.0 cm³/mol. The van der Waals surface area contributed by atoms with Crippen molar-refractivity contribution < 1.29 is 19.0 Å². The number of aromatic hydroxyl groups is 1. The van der Waals surface area contributed by atoms with Crippen molar-refractivity contribution in [1.82, 2.24) is 0 Å². The molecule has 15 heavy (non-hydrogen) atoms. The smallest absolute Gasteiger partial charge is 0.327 e. The number of phenolic OH excluding ortho intramolecular Hbond substituents is 1. The minimum Gasteiger partial charge on any atom is -0.506 e. The molecule has 1 aromatic rings. The van der Waals surface area contributed by atoms with E-state index in [1.807, 2.05) is 0 Å². The van der Waals surface area contributed by atoms with Crippen molar-refractivity contribution in [1.29, 1.82) is 0 Å². The number of rotatable bonds is 2. The fourth-order valence-electron chi connectivity index (χ4n) is 1.08. The van der Waals surface area contributed by atoms with Gasteiger partial charge in [0.25, 0.3) is 0 Å². The number of nitrogens with two attached hydrogens (primary N) is 1. The number of hydrogen-bond acceptors (Lipinski definition) is 4. The largest absolute Gasteiger partial charge is 0.506 e. The maximum atomic E-state index is 12.9. The molecule has 0 unspecified atom stereocenters. The van der Waals surface area contributed by atoms with Crippen molar-refractivity contribution in [2.24, 2.45) is 5.73 Å². The molecule has 0 bridgehead atoms. The van der Waals surface area contributed by atoms with E-state index in [4.69, 9.17) is 17.3 Å². The number of carbonyl (C=O) groups excluding carboxylic acids is 1. The summed E-state index contributed by atoms with van der Waals surface area (Å²) in [7, 11) is 1.14. The lowest BCUT2D eigenvalue weighted by Gasteiger charge is -2.12. The molecule has 0 heterocycles. The Morgan fingerprint density at radius 2 is 2.27 bits per heavy atom. The Kier molecular flexibility index (Phi) is 3.49. The van der Waals surface area contributed by atoms with Crippen molar-refractivity contribution in [2.75, 3.05) is 7.11 Å². The zero-order valence-electron chi connectivity index (χ0n) is 7.83. The van der Waals surface area contributed by atoms with Crippen molar-refractivity contribution in [3.8, 4) is 5.75 Å². The van der Waals surface area contributed by atoms with E-state index < -0.39 is 23.6 Å². The van der Waals surface area contributed by atoms with Gasteiger partial charge in [-0.15, -0.1) is 0 Å². The molecule has 0 amide bonds. The first-order valence-corrected chi connectivity index (χ1v) is 4.36. The fourth-order valence-corrected chi connectivity index (χ4v) is 1.29. The number of esters is 1. The van der Waals surface area contributed by atoms with E-state index in [2.05, 4.69) is 4.74 Å². The van der Waals surface area contributed by atoms with Crippen LogP contribution >= 0.6 is 11.6 Å². The lowest BCUT2D eigenvalue weighted by Crippen LogP contribution is -2.22. The van der Waals surface area contributed by atoms with E-state index >= 15 is 0 Å². The first kappa shape index (κ1) is 11.7. The maximum absolute atomic E-state index is 12.9. The molecule has 0 aromatic heterocycles. The van der Waals surface area contributed by atoms with E-state index in [1.165, 1.54) is 0 Å². The van der Waals surface area contributed by atoms with Crippen LogP contribution < -0.4 is 5.73 Å². The number of ether oxygens (including phenoxy) is 1. The minimum absolute atomic E-state index is 0.105. The molecular formula is C9H9ClFNO3. The highest BCUT2D eigenvalue weighted by Crippen LogP contribution is 2.32. The van der Waals surface area contributed by atoms with Gasteiger partial charge in [-0.3, -0.25) is 4.79 Å². The van der Waals surface area contributed by atoms with E-state index in [9.17, 15) is 14.3 Å². The Morgan fingerprint density at radius 1 is 1.67 bits per heavy atom. The monoisotopic (exact) mass is 233 g/mol. The quantitative estimate of drug-likeness (QED) is 0.757. The summed E-state index contributed by atoms with van der Waals surface area (Å²) in [6.07, 6.45) is 0. The summed E-state index contributed by atoms with van der Waals surface area (Å²) in [5.74, 6) is -1.89. The van der Waals surface area contributed by atoms with Crippen LogP contribution in [0.15, 0.2) is 12.1 Å². The molecule has 0 fully saturated rings. The Bertz CT molecular complexity index is 397. The van der Waals surface area contributed by atoms with Gasteiger partial charge in [-0.05, 0) is 12.1 Å². The third-order valence-electron chi connectivity index (χ3n) is 1.85. The summed E-state index contributed by atoms with van der Waals surface area (Å²) in [6, 6.07) is 0.593. The van der Waals surface area contributed by atoms with Crippen LogP contribution in [0.3, 0.4) is 0 Å². The van der Waals surface area contributed by atoms with Gasteiger partial charge in [-0.1, -0.05) is 11.6 Å². The van der Waals surface area contributed by atoms with Crippen LogP contribution in [0.1, 0.15) is 11.6 Å². The summed E-state index contributed by atoms with van der Waals surface area (Å²) in [5.41, 5.74) is 5.32. The van der Waals surface area contributed by atoms with E-state index in [-0.39, 0.29) is 10.6 Å². The second-order valence-corrected chi connectivity index (χ2v) is 3.23. The van der Waals surface area contributed by atoms with E-state index in [0.29, 0.717) is 0 Å². The van der Waals surface area contributed by atoms with Gasteiger partial charge in [0.2, 0.25) is 0 Å². The molecule has 1 atom stereocenters. The molecule has 6 heteroatoms. The number of hydrogen-bond donors (Lipinski definition) is 2.